The van der Waals surface area contributed by atoms with Gasteiger partial charge >= 0.3 is 0 Å². The molecule has 0 saturated carbocycles. The van der Waals surface area contributed by atoms with Gasteiger partial charge in [0.2, 0.25) is 0 Å². The molecule has 0 aromatic carbocycles. The molecule has 1 rings (SSSR count). The summed E-state index contributed by atoms with van der Waals surface area (Å²) in [6.07, 6.45) is 17.2. The van der Waals surface area contributed by atoms with Crippen molar-refractivity contribution in [2.24, 2.45) is 5.92 Å². The zero-order valence-corrected chi connectivity index (χ0v) is 9.20. The SMILES string of the molecule is C/C=C(C)\C=C/C1C=CC=CC=C1C. The fraction of sp³-hybridized carbons (Fsp3) is 0.286. The van der Waals surface area contributed by atoms with E-state index in [0.717, 1.165) is 0 Å². The molecule has 0 bridgehead atoms. The lowest BCUT2D eigenvalue weighted by Crippen LogP contribution is -1.92. The van der Waals surface area contributed by atoms with Gasteiger partial charge in [0.1, 0.15) is 0 Å². The second-order valence-corrected chi connectivity index (χ2v) is 3.60. The number of hydrogen-bond donors (Lipinski definition) is 0. The number of rotatable bonds is 2. The number of allylic oxidation sites excluding steroid dienone is 10. The van der Waals surface area contributed by atoms with E-state index < -0.39 is 0 Å². The summed E-state index contributed by atoms with van der Waals surface area (Å²) in [5.74, 6) is 0.444. The molecule has 0 amide bonds. The highest BCUT2D eigenvalue weighted by atomic mass is 14.1. The van der Waals surface area contributed by atoms with Crippen molar-refractivity contribution >= 4 is 0 Å². The summed E-state index contributed by atoms with van der Waals surface area (Å²) in [6.45, 7) is 6.35. The van der Waals surface area contributed by atoms with Crippen molar-refractivity contribution in [3.05, 3.63) is 59.8 Å². The van der Waals surface area contributed by atoms with Crippen LogP contribution in [0.25, 0.3) is 0 Å². The van der Waals surface area contributed by atoms with E-state index >= 15 is 0 Å². The predicted octanol–water partition coefficient (Wildman–Crippen LogP) is 4.20. The van der Waals surface area contributed by atoms with Crippen molar-refractivity contribution in [2.45, 2.75) is 20.8 Å². The van der Waals surface area contributed by atoms with Crippen LogP contribution in [0.2, 0.25) is 0 Å². The highest BCUT2D eigenvalue weighted by molar-refractivity contribution is 5.30. The van der Waals surface area contributed by atoms with E-state index in [4.69, 9.17) is 0 Å². The Morgan fingerprint density at radius 2 is 2.07 bits per heavy atom. The van der Waals surface area contributed by atoms with E-state index in [1.165, 1.54) is 11.1 Å². The highest BCUT2D eigenvalue weighted by Crippen LogP contribution is 2.17. The normalized spacial score (nSPS) is 22.6. The van der Waals surface area contributed by atoms with Gasteiger partial charge in [-0.05, 0) is 20.8 Å². The smallest absolute Gasteiger partial charge is 0.0163 e. The zero-order valence-electron chi connectivity index (χ0n) is 9.20. The molecule has 0 heteroatoms. The maximum absolute atomic E-state index is 2.24. The predicted molar refractivity (Wildman–Crippen MR) is 64.1 cm³/mol. The summed E-state index contributed by atoms with van der Waals surface area (Å²) in [5.41, 5.74) is 2.69. The van der Waals surface area contributed by atoms with Gasteiger partial charge in [0.25, 0.3) is 0 Å². The van der Waals surface area contributed by atoms with Crippen LogP contribution in [-0.2, 0) is 0 Å². The molecule has 0 saturated heterocycles. The largest absolute Gasteiger partial charge is 0.0847 e. The Morgan fingerprint density at radius 3 is 2.79 bits per heavy atom. The summed E-state index contributed by atoms with van der Waals surface area (Å²) in [7, 11) is 0. The van der Waals surface area contributed by atoms with Gasteiger partial charge in [-0.2, -0.15) is 0 Å². The molecule has 0 heterocycles. The van der Waals surface area contributed by atoms with E-state index in [1.54, 1.807) is 0 Å². The monoisotopic (exact) mass is 186 g/mol. The second-order valence-electron chi connectivity index (χ2n) is 3.60. The van der Waals surface area contributed by atoms with Gasteiger partial charge in [-0.3, -0.25) is 0 Å². The molecule has 74 valence electrons. The third-order valence-corrected chi connectivity index (χ3v) is 2.45. The first kappa shape index (κ1) is 10.8. The van der Waals surface area contributed by atoms with Crippen LogP contribution < -0.4 is 0 Å². The topological polar surface area (TPSA) is 0 Å². The van der Waals surface area contributed by atoms with Crippen LogP contribution >= 0.6 is 0 Å². The minimum Gasteiger partial charge on any atom is -0.0847 e. The first-order valence-electron chi connectivity index (χ1n) is 5.07. The van der Waals surface area contributed by atoms with Crippen LogP contribution in [0.15, 0.2) is 59.8 Å². The molecule has 14 heavy (non-hydrogen) atoms. The Bertz CT molecular complexity index is 322. The van der Waals surface area contributed by atoms with Crippen molar-refractivity contribution in [1.29, 1.82) is 0 Å². The van der Waals surface area contributed by atoms with Crippen LogP contribution in [0.5, 0.6) is 0 Å². The summed E-state index contributed by atoms with van der Waals surface area (Å²) < 4.78 is 0. The van der Waals surface area contributed by atoms with E-state index in [9.17, 15) is 0 Å². The molecule has 0 nitrogen and oxygen atoms in total. The average molecular weight is 186 g/mol. The van der Waals surface area contributed by atoms with Gasteiger partial charge in [-0.1, -0.05) is 59.8 Å². The Balaban J connectivity index is 2.74. The van der Waals surface area contributed by atoms with E-state index in [0.29, 0.717) is 5.92 Å². The van der Waals surface area contributed by atoms with E-state index in [2.05, 4.69) is 69.4 Å². The van der Waals surface area contributed by atoms with Crippen molar-refractivity contribution in [3.63, 3.8) is 0 Å². The van der Waals surface area contributed by atoms with Gasteiger partial charge in [0.15, 0.2) is 0 Å². The molecule has 1 unspecified atom stereocenters. The molecule has 0 fully saturated rings. The molecule has 1 atom stereocenters. The minimum absolute atomic E-state index is 0.444. The van der Waals surface area contributed by atoms with Crippen LogP contribution in [0, 0.1) is 5.92 Å². The van der Waals surface area contributed by atoms with Gasteiger partial charge in [0.05, 0.1) is 0 Å². The summed E-state index contributed by atoms with van der Waals surface area (Å²) >= 11 is 0. The van der Waals surface area contributed by atoms with Crippen molar-refractivity contribution < 1.29 is 0 Å². The first-order valence-corrected chi connectivity index (χ1v) is 5.07. The third-order valence-electron chi connectivity index (χ3n) is 2.45. The van der Waals surface area contributed by atoms with Crippen molar-refractivity contribution in [2.75, 3.05) is 0 Å². The quantitative estimate of drug-likeness (QED) is 0.567. The molecule has 0 aromatic heterocycles. The Kier molecular flexibility index (Phi) is 4.18. The Labute approximate surface area is 87.0 Å². The molecule has 0 N–H and O–H groups in total. The van der Waals surface area contributed by atoms with E-state index in [1.807, 2.05) is 0 Å². The molecular formula is C14H18. The Morgan fingerprint density at radius 1 is 1.29 bits per heavy atom. The molecule has 0 aliphatic heterocycles. The third kappa shape index (κ3) is 3.21. The van der Waals surface area contributed by atoms with Gasteiger partial charge < -0.3 is 0 Å². The van der Waals surface area contributed by atoms with Gasteiger partial charge in [-0.15, -0.1) is 0 Å². The van der Waals surface area contributed by atoms with Crippen LogP contribution in [-0.4, -0.2) is 0 Å². The molecule has 1 aliphatic rings. The van der Waals surface area contributed by atoms with Gasteiger partial charge in [0, 0.05) is 5.92 Å². The lowest BCUT2D eigenvalue weighted by molar-refractivity contribution is 0.968. The maximum atomic E-state index is 2.24. The highest BCUT2D eigenvalue weighted by Gasteiger charge is 2.02. The first-order chi connectivity index (χ1) is 6.74. The molecule has 0 radical (unpaired) electrons. The Hall–Kier alpha value is -1.30. The van der Waals surface area contributed by atoms with Gasteiger partial charge in [-0.25, -0.2) is 0 Å². The average Bonchev–Trinajstić information content (AvgIpc) is 2.39. The van der Waals surface area contributed by atoms with Crippen LogP contribution in [0.4, 0.5) is 0 Å². The summed E-state index contributed by atoms with van der Waals surface area (Å²) in [6, 6.07) is 0. The minimum atomic E-state index is 0.444. The zero-order chi connectivity index (χ0) is 10.4. The summed E-state index contributed by atoms with van der Waals surface area (Å²) in [5, 5.41) is 0. The van der Waals surface area contributed by atoms with E-state index in [-0.39, 0.29) is 0 Å². The maximum Gasteiger partial charge on any atom is 0.0163 e. The number of hydrogen-bond acceptors (Lipinski definition) is 0. The molecule has 0 spiro atoms. The van der Waals surface area contributed by atoms with Crippen molar-refractivity contribution in [1.82, 2.24) is 0 Å². The van der Waals surface area contributed by atoms with Crippen LogP contribution in [0.3, 0.4) is 0 Å². The standard InChI is InChI=1S/C14H18/c1-4-12(2)10-11-14-9-7-5-6-8-13(14)3/h4-11,14H,1-3H3/b11-10-,12-4-. The molecule has 0 aromatic rings. The second kappa shape index (κ2) is 5.43. The molecule has 1 aliphatic carbocycles. The lowest BCUT2D eigenvalue weighted by Gasteiger charge is -2.06. The fourth-order valence-electron chi connectivity index (χ4n) is 1.29. The van der Waals surface area contributed by atoms with Crippen molar-refractivity contribution in [3.8, 4) is 0 Å². The molecular weight excluding hydrogens is 168 g/mol. The summed E-state index contributed by atoms with van der Waals surface area (Å²) in [4.78, 5) is 0. The van der Waals surface area contributed by atoms with Crippen LogP contribution in [0.1, 0.15) is 20.8 Å². The lowest BCUT2D eigenvalue weighted by atomic mass is 9.99. The fourth-order valence-corrected chi connectivity index (χ4v) is 1.29.